The van der Waals surface area contributed by atoms with E-state index in [9.17, 15) is 0 Å². The zero-order valence-electron chi connectivity index (χ0n) is 26.0. The molecule has 1 aliphatic carbocycles. The van der Waals surface area contributed by atoms with Gasteiger partial charge in [-0.3, -0.25) is 0 Å². The molecule has 9 aromatic rings. The molecule has 47 heavy (non-hydrogen) atoms. The van der Waals surface area contributed by atoms with Gasteiger partial charge in [0.1, 0.15) is 4.83 Å². The van der Waals surface area contributed by atoms with Gasteiger partial charge in [0.2, 0.25) is 0 Å². The maximum Gasteiger partial charge on any atom is 0.161 e. The van der Waals surface area contributed by atoms with Gasteiger partial charge in [-0.05, 0) is 53.1 Å². The van der Waals surface area contributed by atoms with Gasteiger partial charge < -0.3 is 4.57 Å². The second-order valence-electron chi connectivity index (χ2n) is 13.0. The Bertz CT molecular complexity index is 2700. The number of aromatic nitrogens is 3. The van der Waals surface area contributed by atoms with Crippen molar-refractivity contribution in [2.24, 2.45) is 0 Å². The Hall–Kier alpha value is -5.58. The predicted molar refractivity (Wildman–Crippen MR) is 198 cm³/mol. The Balaban J connectivity index is 1.19. The van der Waals surface area contributed by atoms with E-state index in [0.29, 0.717) is 0 Å². The number of rotatable bonds is 3. The van der Waals surface area contributed by atoms with Crippen molar-refractivity contribution in [3.63, 3.8) is 0 Å². The van der Waals surface area contributed by atoms with Crippen LogP contribution in [0, 0.1) is 0 Å². The van der Waals surface area contributed by atoms with Crippen LogP contribution in [0.5, 0.6) is 0 Å². The average Bonchev–Trinajstić information content (AvgIpc) is 3.74. The third-order valence-electron chi connectivity index (χ3n) is 10.0. The molecular weight excluding hydrogens is 591 g/mol. The first-order valence-corrected chi connectivity index (χ1v) is 16.9. The second-order valence-corrected chi connectivity index (χ2v) is 14.0. The summed E-state index contributed by atoms with van der Waals surface area (Å²) < 4.78 is 3.68. The van der Waals surface area contributed by atoms with Crippen LogP contribution in [-0.2, 0) is 5.41 Å². The SMILES string of the molecule is CC1(C)c2ccccc2-c2c1ccc1c3ccccc3n(-c3ccc(-c4nc(-c5ccccc5)c5c(n4)sc4ccccc45)cc3)c21. The van der Waals surface area contributed by atoms with Gasteiger partial charge in [-0.15, -0.1) is 11.3 Å². The quantitative estimate of drug-likeness (QED) is 0.197. The summed E-state index contributed by atoms with van der Waals surface area (Å²) >= 11 is 1.73. The lowest BCUT2D eigenvalue weighted by molar-refractivity contribution is 0.661. The van der Waals surface area contributed by atoms with Crippen LogP contribution in [0.2, 0.25) is 0 Å². The lowest BCUT2D eigenvalue weighted by Gasteiger charge is -2.21. The molecule has 0 fully saturated rings. The van der Waals surface area contributed by atoms with E-state index in [4.69, 9.17) is 9.97 Å². The monoisotopic (exact) mass is 619 g/mol. The summed E-state index contributed by atoms with van der Waals surface area (Å²) in [4.78, 5) is 11.4. The Kier molecular flexibility index (Phi) is 5.50. The number of para-hydroxylation sites is 1. The summed E-state index contributed by atoms with van der Waals surface area (Å²) in [5.74, 6) is 0.744. The van der Waals surface area contributed by atoms with Crippen LogP contribution >= 0.6 is 11.3 Å². The Morgan fingerprint density at radius 2 is 1.30 bits per heavy atom. The van der Waals surface area contributed by atoms with E-state index in [2.05, 4.69) is 158 Å². The maximum absolute atomic E-state index is 5.23. The minimum absolute atomic E-state index is 0.0652. The zero-order valence-corrected chi connectivity index (χ0v) is 26.8. The molecule has 222 valence electrons. The highest BCUT2D eigenvalue weighted by Crippen LogP contribution is 2.52. The van der Waals surface area contributed by atoms with Crippen molar-refractivity contribution in [1.29, 1.82) is 0 Å². The van der Waals surface area contributed by atoms with Gasteiger partial charge in [-0.1, -0.05) is 117 Å². The van der Waals surface area contributed by atoms with Crippen molar-refractivity contribution < 1.29 is 0 Å². The third-order valence-corrected chi connectivity index (χ3v) is 11.1. The summed E-state index contributed by atoms with van der Waals surface area (Å²) in [5, 5.41) is 4.88. The molecule has 6 aromatic carbocycles. The molecule has 3 heterocycles. The molecule has 0 N–H and O–H groups in total. The Labute approximate surface area is 276 Å². The molecule has 0 aliphatic heterocycles. The molecule has 4 heteroatoms. The van der Waals surface area contributed by atoms with Gasteiger partial charge in [0, 0.05) is 54.0 Å². The largest absolute Gasteiger partial charge is 0.309 e. The van der Waals surface area contributed by atoms with Crippen LogP contribution in [0.15, 0.2) is 140 Å². The normalized spacial score (nSPS) is 13.5. The fourth-order valence-corrected chi connectivity index (χ4v) is 8.90. The predicted octanol–water partition coefficient (Wildman–Crippen LogP) is 11.6. The molecule has 10 rings (SSSR count). The summed E-state index contributed by atoms with van der Waals surface area (Å²) in [6.45, 7) is 4.70. The molecule has 3 aromatic heterocycles. The molecule has 1 aliphatic rings. The van der Waals surface area contributed by atoms with E-state index in [-0.39, 0.29) is 5.41 Å². The number of benzene rings is 6. The van der Waals surface area contributed by atoms with Crippen LogP contribution < -0.4 is 0 Å². The fraction of sp³-hybridized carbons (Fsp3) is 0.0698. The van der Waals surface area contributed by atoms with E-state index < -0.39 is 0 Å². The highest BCUT2D eigenvalue weighted by molar-refractivity contribution is 7.25. The zero-order chi connectivity index (χ0) is 31.3. The summed E-state index contributed by atoms with van der Waals surface area (Å²) in [7, 11) is 0. The van der Waals surface area contributed by atoms with E-state index in [1.165, 1.54) is 54.1 Å². The standard InChI is InChI=1S/C43H29N3S/c1-43(2)33-17-9-6-15-31(33)37-34(43)25-24-30-29-14-7-10-18-35(29)46(40(30)37)28-22-20-27(21-23-28)41-44-39(26-12-4-3-5-13-26)38-32-16-8-11-19-36(32)47-42(38)45-41/h3-25H,1-2H3. The molecular formula is C43H29N3S. The molecule has 0 saturated carbocycles. The Morgan fingerprint density at radius 1 is 0.574 bits per heavy atom. The molecule has 0 unspecified atom stereocenters. The fourth-order valence-electron chi connectivity index (χ4n) is 7.83. The lowest BCUT2D eigenvalue weighted by atomic mass is 9.82. The Morgan fingerprint density at radius 3 is 2.15 bits per heavy atom. The van der Waals surface area contributed by atoms with E-state index in [1.807, 2.05) is 0 Å². The minimum Gasteiger partial charge on any atom is -0.309 e. The smallest absolute Gasteiger partial charge is 0.161 e. The van der Waals surface area contributed by atoms with Crippen LogP contribution in [0.1, 0.15) is 25.0 Å². The van der Waals surface area contributed by atoms with Crippen molar-refractivity contribution in [2.45, 2.75) is 19.3 Å². The maximum atomic E-state index is 5.23. The molecule has 0 saturated heterocycles. The first-order valence-electron chi connectivity index (χ1n) is 16.1. The number of fused-ring (bicyclic) bond motifs is 10. The van der Waals surface area contributed by atoms with Crippen LogP contribution in [0.4, 0.5) is 0 Å². The van der Waals surface area contributed by atoms with Crippen molar-refractivity contribution in [3.05, 3.63) is 151 Å². The molecule has 0 amide bonds. The van der Waals surface area contributed by atoms with E-state index in [0.717, 1.165) is 38.5 Å². The van der Waals surface area contributed by atoms with Crippen LogP contribution in [0.3, 0.4) is 0 Å². The first-order chi connectivity index (χ1) is 23.1. The molecule has 0 bridgehead atoms. The van der Waals surface area contributed by atoms with Crippen molar-refractivity contribution in [2.75, 3.05) is 0 Å². The average molecular weight is 620 g/mol. The number of nitrogens with zero attached hydrogens (tertiary/aromatic N) is 3. The van der Waals surface area contributed by atoms with Gasteiger partial charge >= 0.3 is 0 Å². The second kappa shape index (κ2) is 9.71. The highest BCUT2D eigenvalue weighted by Gasteiger charge is 2.37. The van der Waals surface area contributed by atoms with Gasteiger partial charge in [0.15, 0.2) is 5.82 Å². The minimum atomic E-state index is -0.0652. The van der Waals surface area contributed by atoms with E-state index in [1.54, 1.807) is 11.3 Å². The van der Waals surface area contributed by atoms with Gasteiger partial charge in [-0.2, -0.15) is 0 Å². The number of hydrogen-bond donors (Lipinski definition) is 0. The molecule has 0 atom stereocenters. The topological polar surface area (TPSA) is 30.7 Å². The van der Waals surface area contributed by atoms with Crippen molar-refractivity contribution in [3.8, 4) is 39.5 Å². The van der Waals surface area contributed by atoms with Gasteiger partial charge in [0.25, 0.3) is 0 Å². The van der Waals surface area contributed by atoms with Gasteiger partial charge in [-0.25, -0.2) is 9.97 Å². The van der Waals surface area contributed by atoms with Crippen molar-refractivity contribution in [1.82, 2.24) is 14.5 Å². The lowest BCUT2D eigenvalue weighted by Crippen LogP contribution is -2.14. The first kappa shape index (κ1) is 26.6. The number of hydrogen-bond acceptors (Lipinski definition) is 3. The molecule has 3 nitrogen and oxygen atoms in total. The van der Waals surface area contributed by atoms with Crippen LogP contribution in [0.25, 0.3) is 81.6 Å². The number of thiophene rings is 1. The summed E-state index contributed by atoms with van der Waals surface area (Å²) in [6.07, 6.45) is 0. The van der Waals surface area contributed by atoms with Gasteiger partial charge in [0.05, 0.1) is 16.7 Å². The van der Waals surface area contributed by atoms with Crippen molar-refractivity contribution >= 4 is 53.4 Å². The summed E-state index contributed by atoms with van der Waals surface area (Å²) in [5.41, 5.74) is 12.1. The van der Waals surface area contributed by atoms with E-state index >= 15 is 0 Å². The molecule has 0 radical (unpaired) electrons. The summed E-state index contributed by atoms with van der Waals surface area (Å²) in [6, 6.07) is 50.2. The molecule has 0 spiro atoms. The van der Waals surface area contributed by atoms with Crippen LogP contribution in [-0.4, -0.2) is 14.5 Å². The third kappa shape index (κ3) is 3.73. The highest BCUT2D eigenvalue weighted by atomic mass is 32.1.